The first-order valence-corrected chi connectivity index (χ1v) is 25.0. The van der Waals surface area contributed by atoms with Crippen molar-refractivity contribution in [3.63, 3.8) is 0 Å². The van der Waals surface area contributed by atoms with Gasteiger partial charge >= 0.3 is 6.09 Å². The van der Waals surface area contributed by atoms with Crippen molar-refractivity contribution in [3.05, 3.63) is 112 Å². The summed E-state index contributed by atoms with van der Waals surface area (Å²) < 4.78 is 45.6. The van der Waals surface area contributed by atoms with Gasteiger partial charge in [0.1, 0.15) is 12.7 Å². The first kappa shape index (κ1) is 45.9. The highest BCUT2D eigenvalue weighted by Gasteiger charge is 2.58. The Morgan fingerprint density at radius 1 is 1.03 bits per heavy atom. The van der Waals surface area contributed by atoms with Gasteiger partial charge in [-0.05, 0) is 73.5 Å². The number of para-hydroxylation sites is 1. The van der Waals surface area contributed by atoms with Gasteiger partial charge < -0.3 is 32.8 Å². The van der Waals surface area contributed by atoms with Crippen LogP contribution in [-0.2, 0) is 39.5 Å². The smallest absolute Gasteiger partial charge is 0.410 e. The van der Waals surface area contributed by atoms with Gasteiger partial charge in [-0.1, -0.05) is 87.5 Å². The molecule has 2 heterocycles. The molecule has 0 radical (unpaired) electrons. The van der Waals surface area contributed by atoms with Crippen LogP contribution in [-0.4, -0.2) is 105 Å². The quantitative estimate of drug-likeness (QED) is 0.0525. The summed E-state index contributed by atoms with van der Waals surface area (Å²) in [5.41, 5.74) is 4.99. The third-order valence-electron chi connectivity index (χ3n) is 12.9. The number of carbonyl (C=O) groups excluding carboxylic acids is 1. The van der Waals surface area contributed by atoms with Gasteiger partial charge in [0.2, 0.25) is 0 Å². The summed E-state index contributed by atoms with van der Waals surface area (Å²) in [5.74, 6) is -0.0772. The van der Waals surface area contributed by atoms with Gasteiger partial charge in [-0.15, -0.1) is 18.3 Å². The van der Waals surface area contributed by atoms with E-state index in [-0.39, 0.29) is 43.9 Å². The summed E-state index contributed by atoms with van der Waals surface area (Å²) in [6.45, 7) is 16.9. The molecule has 0 aromatic heterocycles. The van der Waals surface area contributed by atoms with Crippen molar-refractivity contribution in [1.29, 1.82) is 0 Å². The Kier molecular flexibility index (Phi) is 15.3. The number of nitrogens with zero attached hydrogens (tertiary/aromatic N) is 2. The zero-order valence-corrected chi connectivity index (χ0v) is 38.1. The lowest BCUT2D eigenvalue weighted by Gasteiger charge is -2.54. The number of ether oxygens (including phenoxy) is 6. The molecule has 0 N–H and O–H groups in total. The number of carbonyl (C=O) groups is 1. The van der Waals surface area contributed by atoms with E-state index in [1.807, 2.05) is 57.4 Å². The molecule has 12 nitrogen and oxygen atoms in total. The van der Waals surface area contributed by atoms with Crippen LogP contribution >= 0.6 is 11.8 Å². The largest absolute Gasteiger partial charge is 0.448 e. The highest BCUT2D eigenvalue weighted by molar-refractivity contribution is 8.00. The molecule has 0 unspecified atom stereocenters. The molecule has 326 valence electrons. The molecule has 2 aliphatic heterocycles. The van der Waals surface area contributed by atoms with Crippen LogP contribution in [0.15, 0.2) is 85.5 Å². The van der Waals surface area contributed by atoms with Crippen LogP contribution < -0.4 is 0 Å². The topological polar surface area (TPSA) is 128 Å². The second kappa shape index (κ2) is 20.1. The number of nitro benzene ring substituents is 1. The van der Waals surface area contributed by atoms with Gasteiger partial charge in [0.05, 0.1) is 52.8 Å². The van der Waals surface area contributed by atoms with Crippen molar-refractivity contribution in [2.24, 2.45) is 0 Å². The summed E-state index contributed by atoms with van der Waals surface area (Å²) in [6.07, 6.45) is -0.284. The Hall–Kier alpha value is -3.60. The van der Waals surface area contributed by atoms with E-state index in [0.717, 1.165) is 40.4 Å². The molecule has 0 bridgehead atoms. The fraction of sp³-hybridized carbons (Fsp3) is 0.543. The molecule has 0 spiro atoms. The molecule has 2 saturated heterocycles. The van der Waals surface area contributed by atoms with E-state index >= 15 is 0 Å². The van der Waals surface area contributed by atoms with E-state index in [9.17, 15) is 14.9 Å². The average molecular weight is 863 g/mol. The lowest BCUT2D eigenvalue weighted by atomic mass is 9.88. The second-order valence-electron chi connectivity index (χ2n) is 16.1. The Morgan fingerprint density at radius 3 is 2.22 bits per heavy atom. The third-order valence-corrected chi connectivity index (χ3v) is 19.0. The van der Waals surface area contributed by atoms with Gasteiger partial charge in [0, 0.05) is 31.6 Å². The Labute approximate surface area is 360 Å². The van der Waals surface area contributed by atoms with Crippen LogP contribution in [0.25, 0.3) is 11.1 Å². The SMILES string of the molecule is C=C[C@@]1(SC)[C@H](O[Si](CC)(CC)CC)[C@@H](O[C@H]2C[C@H](OC)[C@@H](N(C(=O)OCC3c4ccccc4-c4ccccc43)C(C)C)CO2)[C@H](OCc2ccccc2[N+](=O)[O-])O[C@@H]1C. The van der Waals surface area contributed by atoms with E-state index in [0.29, 0.717) is 5.56 Å². The second-order valence-corrected chi connectivity index (χ2v) is 22.0. The van der Waals surface area contributed by atoms with Crippen LogP contribution in [0.2, 0.25) is 18.1 Å². The predicted molar refractivity (Wildman–Crippen MR) is 237 cm³/mol. The zero-order chi connectivity index (χ0) is 43.2. The van der Waals surface area contributed by atoms with Crippen LogP contribution in [0.4, 0.5) is 10.5 Å². The van der Waals surface area contributed by atoms with E-state index in [1.165, 1.54) is 6.07 Å². The van der Waals surface area contributed by atoms with Crippen molar-refractivity contribution in [3.8, 4) is 11.1 Å². The Bertz CT molecular complexity index is 1890. The minimum atomic E-state index is -2.30. The van der Waals surface area contributed by atoms with Gasteiger partial charge in [0.25, 0.3) is 5.69 Å². The summed E-state index contributed by atoms with van der Waals surface area (Å²) in [5, 5.41) is 11.9. The maximum absolute atomic E-state index is 14.1. The summed E-state index contributed by atoms with van der Waals surface area (Å²) >= 11 is 1.60. The lowest BCUT2D eigenvalue weighted by molar-refractivity contribution is -0.386. The first-order valence-electron chi connectivity index (χ1n) is 21.2. The van der Waals surface area contributed by atoms with Crippen molar-refractivity contribution in [2.75, 3.05) is 26.6 Å². The number of hydrogen-bond donors (Lipinski definition) is 0. The normalized spacial score (nSPS) is 26.6. The van der Waals surface area contributed by atoms with Crippen molar-refractivity contribution >= 4 is 31.9 Å². The molecule has 0 saturated carbocycles. The molecule has 3 aromatic rings. The van der Waals surface area contributed by atoms with Gasteiger partial charge in [-0.2, -0.15) is 0 Å². The highest BCUT2D eigenvalue weighted by atomic mass is 32.2. The number of hydrogen-bond acceptors (Lipinski definition) is 11. The Morgan fingerprint density at radius 2 is 1.65 bits per heavy atom. The lowest BCUT2D eigenvalue weighted by Crippen LogP contribution is -2.67. The zero-order valence-electron chi connectivity index (χ0n) is 36.2. The van der Waals surface area contributed by atoms with Gasteiger partial charge in [-0.3, -0.25) is 15.0 Å². The van der Waals surface area contributed by atoms with Crippen molar-refractivity contribution < 1.29 is 42.6 Å². The molecule has 2 fully saturated rings. The van der Waals surface area contributed by atoms with Crippen LogP contribution in [0.1, 0.15) is 70.6 Å². The Balaban J connectivity index is 1.24. The van der Waals surface area contributed by atoms with Crippen molar-refractivity contribution in [1.82, 2.24) is 4.90 Å². The maximum atomic E-state index is 14.1. The molecule has 6 rings (SSSR count). The molecular weight excluding hydrogens is 801 g/mol. The first-order chi connectivity index (χ1) is 28.9. The molecule has 8 atom stereocenters. The molecule has 3 aromatic carbocycles. The van der Waals surface area contributed by atoms with Gasteiger partial charge in [-0.25, -0.2) is 4.79 Å². The fourth-order valence-electron chi connectivity index (χ4n) is 9.25. The monoisotopic (exact) mass is 862 g/mol. The fourth-order valence-corrected chi connectivity index (χ4v) is 13.2. The van der Waals surface area contributed by atoms with Gasteiger partial charge in [0.15, 0.2) is 20.9 Å². The minimum absolute atomic E-state index is 0.0405. The number of benzene rings is 3. The number of fused-ring (bicyclic) bond motifs is 3. The van der Waals surface area contributed by atoms with Crippen LogP contribution in [0.3, 0.4) is 0 Å². The minimum Gasteiger partial charge on any atom is -0.448 e. The number of nitro groups is 1. The summed E-state index contributed by atoms with van der Waals surface area (Å²) in [4.78, 5) is 27.3. The molecule has 60 heavy (non-hydrogen) atoms. The van der Waals surface area contributed by atoms with Crippen molar-refractivity contribution in [2.45, 2.75) is 132 Å². The number of amides is 1. The van der Waals surface area contributed by atoms with E-state index in [4.69, 9.17) is 32.8 Å². The molecule has 14 heteroatoms. The predicted octanol–water partition coefficient (Wildman–Crippen LogP) is 9.71. The summed E-state index contributed by atoms with van der Waals surface area (Å²) in [7, 11) is -0.666. The van der Waals surface area contributed by atoms with Crippen LogP contribution in [0.5, 0.6) is 0 Å². The number of methoxy groups -OCH3 is 1. The highest BCUT2D eigenvalue weighted by Crippen LogP contribution is 2.47. The third kappa shape index (κ3) is 9.12. The average Bonchev–Trinajstić information content (AvgIpc) is 3.59. The van der Waals surface area contributed by atoms with E-state index in [1.54, 1.807) is 42.0 Å². The molecule has 3 aliphatic rings. The molecule has 1 amide bonds. The van der Waals surface area contributed by atoms with E-state index < -0.39 is 67.1 Å². The molecular formula is C46H62N2O10SSi. The standard InChI is InChI=1S/C46H62N2O10SSi/c1-10-46(59-9)31(7)56-44(54-27-32-20-14-19-25-38(32)48(50)51)42(43(46)58-60(11-2,12-3)13-4)57-41-26-40(52-8)39(29-53-41)47(30(5)6)45(49)55-28-37-35-23-17-15-21-33(35)34-22-16-18-24-36(34)37/h10,14-25,30-31,37,39-44H,1,11-13,26-29H2,2-9H3/t31-,39+,40+,41+,42-,43-,44-,46+/m1/s1. The maximum Gasteiger partial charge on any atom is 0.410 e. The number of thioether (sulfide) groups is 1. The molecule has 1 aliphatic carbocycles. The number of rotatable bonds is 18. The summed E-state index contributed by atoms with van der Waals surface area (Å²) in [6, 6.07) is 25.1. The van der Waals surface area contributed by atoms with Crippen LogP contribution in [0, 0.1) is 10.1 Å². The van der Waals surface area contributed by atoms with E-state index in [2.05, 4.69) is 51.6 Å².